The molecule has 0 fully saturated rings. The molecule has 112 valence electrons. The summed E-state index contributed by atoms with van der Waals surface area (Å²) >= 11 is 7.60. The lowest BCUT2D eigenvalue weighted by Gasteiger charge is -2.06. The van der Waals surface area contributed by atoms with Crippen LogP contribution in [-0.4, -0.2) is 4.98 Å². The van der Waals surface area contributed by atoms with Crippen LogP contribution in [0.5, 0.6) is 5.75 Å². The molecule has 0 atom stereocenters. The molecule has 0 aliphatic rings. The van der Waals surface area contributed by atoms with Gasteiger partial charge in [0.2, 0.25) is 0 Å². The average molecular weight is 330 g/mol. The van der Waals surface area contributed by atoms with Gasteiger partial charge >= 0.3 is 0 Å². The summed E-state index contributed by atoms with van der Waals surface area (Å²) in [5, 5.41) is 0.653. The first-order valence-electron chi connectivity index (χ1n) is 7.02. The molecule has 1 aromatic carbocycles. The highest BCUT2D eigenvalue weighted by Gasteiger charge is 2.09. The molecule has 3 aromatic rings. The number of hydrogen-bond acceptors (Lipinski definition) is 3. The maximum atomic E-state index is 5.89. The fourth-order valence-corrected chi connectivity index (χ4v) is 3.34. The van der Waals surface area contributed by atoms with Crippen molar-refractivity contribution in [1.82, 2.24) is 4.98 Å². The second-order valence-electron chi connectivity index (χ2n) is 5.18. The lowest BCUT2D eigenvalue weighted by Crippen LogP contribution is -1.94. The topological polar surface area (TPSA) is 22.1 Å². The lowest BCUT2D eigenvalue weighted by atomic mass is 10.2. The predicted octanol–water partition coefficient (Wildman–Crippen LogP) is 5.66. The highest BCUT2D eigenvalue weighted by Crippen LogP contribution is 2.31. The molecule has 4 heteroatoms. The third-order valence-electron chi connectivity index (χ3n) is 3.36. The van der Waals surface area contributed by atoms with Crippen molar-refractivity contribution in [1.29, 1.82) is 0 Å². The molecule has 2 aromatic heterocycles. The Kier molecular flexibility index (Phi) is 4.46. The molecular weight excluding hydrogens is 314 g/mol. The number of nitrogens with zero attached hydrogens (tertiary/aromatic N) is 1. The molecule has 0 spiro atoms. The van der Waals surface area contributed by atoms with Crippen LogP contribution in [0, 0.1) is 13.8 Å². The van der Waals surface area contributed by atoms with E-state index in [0.717, 1.165) is 16.3 Å². The Morgan fingerprint density at radius 1 is 1.14 bits per heavy atom. The van der Waals surface area contributed by atoms with Crippen molar-refractivity contribution in [3.05, 3.63) is 69.7 Å². The van der Waals surface area contributed by atoms with E-state index in [2.05, 4.69) is 31.0 Å². The zero-order valence-corrected chi connectivity index (χ0v) is 14.0. The first-order chi connectivity index (χ1) is 10.6. The minimum absolute atomic E-state index is 0.577. The number of pyridine rings is 1. The molecule has 0 aliphatic carbocycles. The maximum Gasteiger partial charge on any atom is 0.123 e. The van der Waals surface area contributed by atoms with Gasteiger partial charge in [0.15, 0.2) is 0 Å². The number of thiophene rings is 1. The van der Waals surface area contributed by atoms with Gasteiger partial charge in [-0.3, -0.25) is 4.98 Å². The van der Waals surface area contributed by atoms with Crippen LogP contribution in [0.15, 0.2) is 48.7 Å². The number of ether oxygens (including phenoxy) is 1. The van der Waals surface area contributed by atoms with E-state index in [4.69, 9.17) is 16.3 Å². The van der Waals surface area contributed by atoms with Gasteiger partial charge in [0.25, 0.3) is 0 Å². The third kappa shape index (κ3) is 3.49. The van der Waals surface area contributed by atoms with Gasteiger partial charge < -0.3 is 4.74 Å². The summed E-state index contributed by atoms with van der Waals surface area (Å²) in [6.07, 6.45) is 1.68. The van der Waals surface area contributed by atoms with E-state index in [1.54, 1.807) is 17.5 Å². The highest BCUT2D eigenvalue weighted by molar-refractivity contribution is 7.15. The first-order valence-corrected chi connectivity index (χ1v) is 8.22. The third-order valence-corrected chi connectivity index (χ3v) is 4.82. The number of aryl methyl sites for hydroxylation is 2. The van der Waals surface area contributed by atoms with Crippen molar-refractivity contribution in [3.63, 3.8) is 0 Å². The normalized spacial score (nSPS) is 10.7. The van der Waals surface area contributed by atoms with E-state index in [1.807, 2.05) is 30.3 Å². The van der Waals surface area contributed by atoms with E-state index in [0.29, 0.717) is 11.6 Å². The van der Waals surface area contributed by atoms with Gasteiger partial charge in [0, 0.05) is 11.1 Å². The molecule has 3 rings (SSSR count). The molecule has 0 saturated carbocycles. The number of halogens is 1. The summed E-state index contributed by atoms with van der Waals surface area (Å²) in [4.78, 5) is 6.72. The standard InChI is InChI=1S/C18H16ClNOS/c1-12-4-3-5-15(8-12)21-11-18-13(2)9-17(22-18)16-7-6-14(19)10-20-16/h3-10H,11H2,1-2H3. The van der Waals surface area contributed by atoms with E-state index in [-0.39, 0.29) is 0 Å². The molecule has 2 nitrogen and oxygen atoms in total. The monoisotopic (exact) mass is 329 g/mol. The molecule has 0 amide bonds. The summed E-state index contributed by atoms with van der Waals surface area (Å²) in [7, 11) is 0. The minimum Gasteiger partial charge on any atom is -0.488 e. The zero-order valence-electron chi connectivity index (χ0n) is 12.5. The molecule has 0 unspecified atom stereocenters. The van der Waals surface area contributed by atoms with Gasteiger partial charge in [-0.25, -0.2) is 0 Å². The van der Waals surface area contributed by atoms with Gasteiger partial charge in [-0.15, -0.1) is 11.3 Å². The molecule has 0 aliphatic heterocycles. The van der Waals surface area contributed by atoms with Crippen LogP contribution in [-0.2, 0) is 6.61 Å². The zero-order chi connectivity index (χ0) is 15.5. The van der Waals surface area contributed by atoms with Gasteiger partial charge in [0.05, 0.1) is 15.6 Å². The van der Waals surface area contributed by atoms with Crippen LogP contribution in [0.2, 0.25) is 5.02 Å². The maximum absolute atomic E-state index is 5.89. The Morgan fingerprint density at radius 3 is 2.73 bits per heavy atom. The molecule has 0 saturated heterocycles. The SMILES string of the molecule is Cc1cccc(OCc2sc(-c3ccc(Cl)cn3)cc2C)c1. The number of rotatable bonds is 4. The Morgan fingerprint density at radius 2 is 2.00 bits per heavy atom. The van der Waals surface area contributed by atoms with Gasteiger partial charge in [-0.1, -0.05) is 23.7 Å². The van der Waals surface area contributed by atoms with Crippen molar-refractivity contribution < 1.29 is 4.74 Å². The summed E-state index contributed by atoms with van der Waals surface area (Å²) in [6, 6.07) is 14.1. The molecule has 0 bridgehead atoms. The quantitative estimate of drug-likeness (QED) is 0.616. The fourth-order valence-electron chi connectivity index (χ4n) is 2.16. The fraction of sp³-hybridized carbons (Fsp3) is 0.167. The summed E-state index contributed by atoms with van der Waals surface area (Å²) in [5.74, 6) is 0.902. The Balaban J connectivity index is 1.76. The molecule has 2 heterocycles. The first kappa shape index (κ1) is 15.1. The van der Waals surface area contributed by atoms with E-state index in [1.165, 1.54) is 16.0 Å². The summed E-state index contributed by atoms with van der Waals surface area (Å²) in [6.45, 7) is 4.74. The molecule has 0 N–H and O–H groups in total. The Bertz CT molecular complexity index is 780. The van der Waals surface area contributed by atoms with Crippen LogP contribution in [0.1, 0.15) is 16.0 Å². The second-order valence-corrected chi connectivity index (χ2v) is 6.76. The van der Waals surface area contributed by atoms with Gasteiger partial charge in [-0.2, -0.15) is 0 Å². The summed E-state index contributed by atoms with van der Waals surface area (Å²) < 4.78 is 5.89. The molecule has 0 radical (unpaired) electrons. The Hall–Kier alpha value is -1.84. The van der Waals surface area contributed by atoms with Crippen molar-refractivity contribution in [2.75, 3.05) is 0 Å². The van der Waals surface area contributed by atoms with Crippen molar-refractivity contribution in [2.24, 2.45) is 0 Å². The van der Waals surface area contributed by atoms with Crippen molar-refractivity contribution in [2.45, 2.75) is 20.5 Å². The number of aromatic nitrogens is 1. The van der Waals surface area contributed by atoms with E-state index in [9.17, 15) is 0 Å². The van der Waals surface area contributed by atoms with Crippen molar-refractivity contribution in [3.8, 4) is 16.3 Å². The Labute approximate surface area is 139 Å². The van der Waals surface area contributed by atoms with Gasteiger partial charge in [-0.05, 0) is 55.3 Å². The second kappa shape index (κ2) is 6.51. The lowest BCUT2D eigenvalue weighted by molar-refractivity contribution is 0.309. The van der Waals surface area contributed by atoms with Crippen molar-refractivity contribution >= 4 is 22.9 Å². The molecule has 22 heavy (non-hydrogen) atoms. The predicted molar refractivity (Wildman–Crippen MR) is 92.8 cm³/mol. The largest absolute Gasteiger partial charge is 0.488 e. The highest BCUT2D eigenvalue weighted by atomic mass is 35.5. The molecular formula is C18H16ClNOS. The van der Waals surface area contributed by atoms with Crippen LogP contribution >= 0.6 is 22.9 Å². The number of benzene rings is 1. The van der Waals surface area contributed by atoms with Crippen LogP contribution in [0.4, 0.5) is 0 Å². The smallest absolute Gasteiger partial charge is 0.123 e. The van der Waals surface area contributed by atoms with Crippen LogP contribution < -0.4 is 4.74 Å². The van der Waals surface area contributed by atoms with Gasteiger partial charge in [0.1, 0.15) is 12.4 Å². The average Bonchev–Trinajstić information content (AvgIpc) is 2.87. The van der Waals surface area contributed by atoms with E-state index < -0.39 is 0 Å². The number of hydrogen-bond donors (Lipinski definition) is 0. The summed E-state index contributed by atoms with van der Waals surface area (Å²) in [5.41, 5.74) is 3.37. The van der Waals surface area contributed by atoms with E-state index >= 15 is 0 Å². The van der Waals surface area contributed by atoms with Crippen LogP contribution in [0.25, 0.3) is 10.6 Å². The van der Waals surface area contributed by atoms with Crippen LogP contribution in [0.3, 0.4) is 0 Å². The minimum atomic E-state index is 0.577.